The van der Waals surface area contributed by atoms with Crippen LogP contribution in [0.3, 0.4) is 0 Å². The molecular weight excluding hydrogens is 256 g/mol. The van der Waals surface area contributed by atoms with Crippen LogP contribution in [0.1, 0.15) is 13.8 Å². The van der Waals surface area contributed by atoms with Crippen molar-refractivity contribution in [1.82, 2.24) is 10.2 Å². The molecule has 0 bridgehead atoms. The van der Waals surface area contributed by atoms with Gasteiger partial charge in [0.15, 0.2) is 0 Å². The number of hydrogen-bond donors (Lipinski definition) is 1. The van der Waals surface area contributed by atoms with E-state index in [9.17, 15) is 4.79 Å². The Labute approximate surface area is 119 Å². The first-order valence-corrected chi connectivity index (χ1v) is 7.07. The smallest absolute Gasteiger partial charge is 0.325 e. The Balaban J connectivity index is 1.84. The highest BCUT2D eigenvalue weighted by Crippen LogP contribution is 2.17. The lowest BCUT2D eigenvalue weighted by molar-refractivity contribution is -0.136. The second kappa shape index (κ2) is 7.26. The largest absolute Gasteiger partial charge is 0.494 e. The number of nitrogens with one attached hydrogen (secondary N) is 1. The van der Waals surface area contributed by atoms with Crippen molar-refractivity contribution < 1.29 is 14.3 Å². The molecule has 0 aromatic heterocycles. The van der Waals surface area contributed by atoms with Crippen LogP contribution in [0.15, 0.2) is 24.3 Å². The van der Waals surface area contributed by atoms with Crippen molar-refractivity contribution in [2.24, 2.45) is 0 Å². The maximum Gasteiger partial charge on any atom is 0.325 e. The molecule has 0 radical (unpaired) electrons. The second-order valence-electron chi connectivity index (χ2n) is 4.90. The van der Waals surface area contributed by atoms with Gasteiger partial charge < -0.3 is 14.8 Å². The second-order valence-corrected chi connectivity index (χ2v) is 4.90. The number of esters is 1. The molecular formula is C15H22N2O3. The summed E-state index contributed by atoms with van der Waals surface area (Å²) in [5, 5.41) is 3.30. The van der Waals surface area contributed by atoms with Gasteiger partial charge in [0.2, 0.25) is 0 Å². The Bertz CT molecular complexity index is 433. The summed E-state index contributed by atoms with van der Waals surface area (Å²) >= 11 is 0. The SMILES string of the molecule is CCOc1ccc(OC(=O)CN2CCNCC2C)cc1. The number of ether oxygens (including phenoxy) is 2. The Morgan fingerprint density at radius 1 is 1.35 bits per heavy atom. The Kier molecular flexibility index (Phi) is 5.38. The molecule has 1 saturated heterocycles. The average Bonchev–Trinajstić information content (AvgIpc) is 2.44. The summed E-state index contributed by atoms with van der Waals surface area (Å²) in [5.74, 6) is 1.12. The fraction of sp³-hybridized carbons (Fsp3) is 0.533. The van der Waals surface area contributed by atoms with E-state index < -0.39 is 0 Å². The molecule has 110 valence electrons. The third-order valence-corrected chi connectivity index (χ3v) is 3.34. The van der Waals surface area contributed by atoms with Crippen LogP contribution in [-0.4, -0.2) is 49.7 Å². The van der Waals surface area contributed by atoms with Crippen LogP contribution in [0.25, 0.3) is 0 Å². The van der Waals surface area contributed by atoms with Crippen LogP contribution in [-0.2, 0) is 4.79 Å². The standard InChI is InChI=1S/C15H22N2O3/c1-3-19-13-4-6-14(7-5-13)20-15(18)11-17-9-8-16-10-12(17)2/h4-7,12,16H,3,8-11H2,1-2H3. The zero-order valence-electron chi connectivity index (χ0n) is 12.1. The molecule has 5 heteroatoms. The van der Waals surface area contributed by atoms with Crippen LogP contribution in [0.5, 0.6) is 11.5 Å². The molecule has 0 amide bonds. The highest BCUT2D eigenvalue weighted by atomic mass is 16.5. The first kappa shape index (κ1) is 14.8. The average molecular weight is 278 g/mol. The predicted octanol–water partition coefficient (Wildman–Crippen LogP) is 1.28. The molecule has 1 atom stereocenters. The lowest BCUT2D eigenvalue weighted by Gasteiger charge is -2.32. The maximum absolute atomic E-state index is 11.9. The summed E-state index contributed by atoms with van der Waals surface area (Å²) in [5.41, 5.74) is 0. The van der Waals surface area contributed by atoms with E-state index >= 15 is 0 Å². The Hall–Kier alpha value is -1.59. The minimum Gasteiger partial charge on any atom is -0.494 e. The minimum atomic E-state index is -0.220. The topological polar surface area (TPSA) is 50.8 Å². The van der Waals surface area contributed by atoms with Gasteiger partial charge in [-0.05, 0) is 38.1 Å². The normalized spacial score (nSPS) is 19.6. The number of hydrogen-bond acceptors (Lipinski definition) is 5. The predicted molar refractivity (Wildman–Crippen MR) is 77.2 cm³/mol. The number of carbonyl (C=O) groups is 1. The highest BCUT2D eigenvalue weighted by Gasteiger charge is 2.21. The fourth-order valence-electron chi connectivity index (χ4n) is 2.22. The van der Waals surface area contributed by atoms with Crippen molar-refractivity contribution in [3.63, 3.8) is 0 Å². The van der Waals surface area contributed by atoms with Gasteiger partial charge in [-0.2, -0.15) is 0 Å². The molecule has 1 fully saturated rings. The maximum atomic E-state index is 11.9. The molecule has 2 rings (SSSR count). The zero-order chi connectivity index (χ0) is 14.4. The monoisotopic (exact) mass is 278 g/mol. The molecule has 1 heterocycles. The van der Waals surface area contributed by atoms with E-state index in [-0.39, 0.29) is 5.97 Å². The first-order chi connectivity index (χ1) is 9.69. The molecule has 1 aromatic rings. The molecule has 5 nitrogen and oxygen atoms in total. The van der Waals surface area contributed by atoms with Crippen LogP contribution in [0, 0.1) is 0 Å². The number of nitrogens with zero attached hydrogens (tertiary/aromatic N) is 1. The minimum absolute atomic E-state index is 0.220. The summed E-state index contributed by atoms with van der Waals surface area (Å²) < 4.78 is 10.7. The summed E-state index contributed by atoms with van der Waals surface area (Å²) in [7, 11) is 0. The van der Waals surface area contributed by atoms with Crippen molar-refractivity contribution in [3.05, 3.63) is 24.3 Å². The Morgan fingerprint density at radius 3 is 2.70 bits per heavy atom. The quantitative estimate of drug-likeness (QED) is 0.649. The van der Waals surface area contributed by atoms with E-state index in [0.717, 1.165) is 25.4 Å². The summed E-state index contributed by atoms with van der Waals surface area (Å²) in [6, 6.07) is 7.48. The third-order valence-electron chi connectivity index (χ3n) is 3.34. The van der Waals surface area contributed by atoms with Gasteiger partial charge >= 0.3 is 5.97 Å². The molecule has 20 heavy (non-hydrogen) atoms. The van der Waals surface area contributed by atoms with E-state index in [1.54, 1.807) is 24.3 Å². The van der Waals surface area contributed by atoms with Crippen LogP contribution >= 0.6 is 0 Å². The molecule has 0 saturated carbocycles. The summed E-state index contributed by atoms with van der Waals surface area (Å²) in [6.45, 7) is 7.70. The number of piperazine rings is 1. The van der Waals surface area contributed by atoms with Gasteiger partial charge in [-0.25, -0.2) is 0 Å². The van der Waals surface area contributed by atoms with Gasteiger partial charge in [-0.3, -0.25) is 9.69 Å². The summed E-state index contributed by atoms with van der Waals surface area (Å²) in [4.78, 5) is 14.1. The van der Waals surface area contributed by atoms with Gasteiger partial charge in [0.25, 0.3) is 0 Å². The van der Waals surface area contributed by atoms with E-state index in [1.807, 2.05) is 6.92 Å². The molecule has 1 N–H and O–H groups in total. The molecule has 1 aromatic carbocycles. The number of carbonyl (C=O) groups excluding carboxylic acids is 1. The van der Waals surface area contributed by atoms with Crippen molar-refractivity contribution in [1.29, 1.82) is 0 Å². The lowest BCUT2D eigenvalue weighted by Crippen LogP contribution is -2.51. The fourth-order valence-corrected chi connectivity index (χ4v) is 2.22. The van der Waals surface area contributed by atoms with Gasteiger partial charge in [0.05, 0.1) is 13.2 Å². The van der Waals surface area contributed by atoms with Crippen molar-refractivity contribution in [3.8, 4) is 11.5 Å². The van der Waals surface area contributed by atoms with E-state index in [1.165, 1.54) is 0 Å². The van der Waals surface area contributed by atoms with Crippen LogP contribution < -0.4 is 14.8 Å². The molecule has 0 spiro atoms. The Morgan fingerprint density at radius 2 is 2.05 bits per heavy atom. The zero-order valence-corrected chi connectivity index (χ0v) is 12.1. The molecule has 0 aliphatic carbocycles. The highest BCUT2D eigenvalue weighted by molar-refractivity contribution is 5.74. The number of rotatable bonds is 5. The molecule has 1 aliphatic rings. The van der Waals surface area contributed by atoms with Crippen molar-refractivity contribution in [2.75, 3.05) is 32.8 Å². The van der Waals surface area contributed by atoms with Crippen molar-refractivity contribution >= 4 is 5.97 Å². The molecule has 1 unspecified atom stereocenters. The third kappa shape index (κ3) is 4.21. The van der Waals surface area contributed by atoms with E-state index in [2.05, 4.69) is 17.1 Å². The van der Waals surface area contributed by atoms with Crippen LogP contribution in [0.4, 0.5) is 0 Å². The van der Waals surface area contributed by atoms with E-state index in [4.69, 9.17) is 9.47 Å². The van der Waals surface area contributed by atoms with Crippen molar-refractivity contribution in [2.45, 2.75) is 19.9 Å². The summed E-state index contributed by atoms with van der Waals surface area (Å²) in [6.07, 6.45) is 0. The molecule has 1 aliphatic heterocycles. The van der Waals surface area contributed by atoms with Gasteiger partial charge in [-0.1, -0.05) is 0 Å². The lowest BCUT2D eigenvalue weighted by atomic mass is 10.2. The van der Waals surface area contributed by atoms with Gasteiger partial charge in [0, 0.05) is 25.7 Å². The van der Waals surface area contributed by atoms with Gasteiger partial charge in [0.1, 0.15) is 11.5 Å². The first-order valence-electron chi connectivity index (χ1n) is 7.07. The van der Waals surface area contributed by atoms with E-state index in [0.29, 0.717) is 24.9 Å². The van der Waals surface area contributed by atoms with Crippen LogP contribution in [0.2, 0.25) is 0 Å². The van der Waals surface area contributed by atoms with Gasteiger partial charge in [-0.15, -0.1) is 0 Å². The number of benzene rings is 1.